The van der Waals surface area contributed by atoms with Crippen LogP contribution in [0.15, 0.2) is 0 Å². The van der Waals surface area contributed by atoms with E-state index in [1.165, 1.54) is 6.92 Å². The van der Waals surface area contributed by atoms with Gasteiger partial charge in [0.25, 0.3) is 0 Å². The lowest BCUT2D eigenvalue weighted by Crippen LogP contribution is -2.08. The fraction of sp³-hybridized carbons (Fsp3) is 0.538. The smallest absolute Gasteiger partial charge is 0.207 e. The highest BCUT2D eigenvalue weighted by Crippen LogP contribution is 2.34. The molecular formula is C13H16F4O2. The standard InChI is InChI=1S/C13H16F4O2/c1-3-5-6-7-19-13-10(16)8(14)12(18-4-2)9(15)11(13)17/h3-7H2,1-2H3. The second-order valence-electron chi connectivity index (χ2n) is 3.90. The highest BCUT2D eigenvalue weighted by Gasteiger charge is 2.27. The third kappa shape index (κ3) is 3.52. The quantitative estimate of drug-likeness (QED) is 0.423. The Bertz CT molecular complexity index is 406. The molecule has 0 fully saturated rings. The summed E-state index contributed by atoms with van der Waals surface area (Å²) in [6.45, 7) is 3.28. The molecule has 0 saturated heterocycles. The van der Waals surface area contributed by atoms with E-state index in [2.05, 4.69) is 4.74 Å². The minimum Gasteiger partial charge on any atom is -0.488 e. The maximum atomic E-state index is 13.5. The number of hydrogen-bond acceptors (Lipinski definition) is 2. The van der Waals surface area contributed by atoms with E-state index < -0.39 is 34.8 Å². The fourth-order valence-electron chi connectivity index (χ4n) is 1.52. The molecule has 0 heterocycles. The van der Waals surface area contributed by atoms with Crippen LogP contribution < -0.4 is 9.47 Å². The molecule has 0 radical (unpaired) electrons. The zero-order chi connectivity index (χ0) is 14.4. The first-order valence-corrected chi connectivity index (χ1v) is 6.16. The summed E-state index contributed by atoms with van der Waals surface area (Å²) in [6, 6.07) is 0. The van der Waals surface area contributed by atoms with Crippen LogP contribution in [-0.2, 0) is 0 Å². The Kier molecular flexibility index (Phi) is 5.92. The van der Waals surface area contributed by atoms with Crippen LogP contribution in [-0.4, -0.2) is 13.2 Å². The molecule has 0 aliphatic rings. The lowest BCUT2D eigenvalue weighted by atomic mass is 10.2. The summed E-state index contributed by atoms with van der Waals surface area (Å²) in [4.78, 5) is 0. The Morgan fingerprint density at radius 1 is 0.737 bits per heavy atom. The Balaban J connectivity index is 2.99. The summed E-state index contributed by atoms with van der Waals surface area (Å²) >= 11 is 0. The first-order valence-electron chi connectivity index (χ1n) is 6.16. The predicted octanol–water partition coefficient (Wildman–Crippen LogP) is 4.21. The fourth-order valence-corrected chi connectivity index (χ4v) is 1.52. The number of ether oxygens (including phenoxy) is 2. The molecule has 0 amide bonds. The molecule has 1 aromatic carbocycles. The summed E-state index contributed by atoms with van der Waals surface area (Å²) in [5.74, 6) is -8.39. The van der Waals surface area contributed by atoms with Crippen LogP contribution >= 0.6 is 0 Å². The molecule has 108 valence electrons. The van der Waals surface area contributed by atoms with Crippen molar-refractivity contribution in [2.45, 2.75) is 33.1 Å². The molecule has 0 saturated carbocycles. The molecule has 0 aliphatic heterocycles. The zero-order valence-electron chi connectivity index (χ0n) is 10.9. The van der Waals surface area contributed by atoms with Crippen LogP contribution in [0.2, 0.25) is 0 Å². The van der Waals surface area contributed by atoms with Crippen LogP contribution in [0.3, 0.4) is 0 Å². The van der Waals surface area contributed by atoms with Crippen LogP contribution in [0.1, 0.15) is 33.1 Å². The van der Waals surface area contributed by atoms with Crippen LogP contribution in [0.25, 0.3) is 0 Å². The lowest BCUT2D eigenvalue weighted by molar-refractivity contribution is 0.245. The van der Waals surface area contributed by atoms with E-state index in [0.29, 0.717) is 6.42 Å². The predicted molar refractivity (Wildman–Crippen MR) is 62.5 cm³/mol. The van der Waals surface area contributed by atoms with Crippen molar-refractivity contribution in [2.75, 3.05) is 13.2 Å². The van der Waals surface area contributed by atoms with E-state index in [4.69, 9.17) is 4.74 Å². The van der Waals surface area contributed by atoms with Gasteiger partial charge in [0, 0.05) is 0 Å². The second kappa shape index (κ2) is 7.21. The SMILES string of the molecule is CCCCCOc1c(F)c(F)c(OCC)c(F)c1F. The minimum atomic E-state index is -1.58. The van der Waals surface area contributed by atoms with Crippen LogP contribution in [0.5, 0.6) is 11.5 Å². The van der Waals surface area contributed by atoms with Gasteiger partial charge in [0.15, 0.2) is 11.5 Å². The van der Waals surface area contributed by atoms with Gasteiger partial charge in [-0.25, -0.2) is 0 Å². The van der Waals surface area contributed by atoms with E-state index in [-0.39, 0.29) is 13.2 Å². The van der Waals surface area contributed by atoms with E-state index in [0.717, 1.165) is 12.8 Å². The summed E-state index contributed by atoms with van der Waals surface area (Å²) in [5.41, 5.74) is 0. The van der Waals surface area contributed by atoms with E-state index in [9.17, 15) is 17.6 Å². The molecule has 2 nitrogen and oxygen atoms in total. The molecule has 0 unspecified atom stereocenters. The monoisotopic (exact) mass is 280 g/mol. The van der Waals surface area contributed by atoms with Crippen LogP contribution in [0.4, 0.5) is 17.6 Å². The first-order chi connectivity index (χ1) is 9.04. The van der Waals surface area contributed by atoms with Gasteiger partial charge < -0.3 is 9.47 Å². The maximum Gasteiger partial charge on any atom is 0.207 e. The van der Waals surface area contributed by atoms with Crippen molar-refractivity contribution in [3.8, 4) is 11.5 Å². The highest BCUT2D eigenvalue weighted by molar-refractivity contribution is 5.38. The molecule has 0 aromatic heterocycles. The van der Waals surface area contributed by atoms with Crippen molar-refractivity contribution in [2.24, 2.45) is 0 Å². The average Bonchev–Trinajstić information content (AvgIpc) is 2.40. The topological polar surface area (TPSA) is 18.5 Å². The molecule has 1 rings (SSSR count). The second-order valence-corrected chi connectivity index (χ2v) is 3.90. The van der Waals surface area contributed by atoms with Crippen molar-refractivity contribution >= 4 is 0 Å². The first kappa shape index (κ1) is 15.6. The van der Waals surface area contributed by atoms with Gasteiger partial charge in [0.2, 0.25) is 23.3 Å². The Hall–Kier alpha value is -1.46. The number of rotatable bonds is 7. The Labute approximate surface area is 109 Å². The minimum absolute atomic E-state index is 0.00542. The number of benzene rings is 1. The van der Waals surface area contributed by atoms with Gasteiger partial charge in [0.05, 0.1) is 13.2 Å². The summed E-state index contributed by atoms with van der Waals surface area (Å²) in [5, 5.41) is 0. The summed E-state index contributed by atoms with van der Waals surface area (Å²) < 4.78 is 63.4. The van der Waals surface area contributed by atoms with Gasteiger partial charge >= 0.3 is 0 Å². The zero-order valence-corrected chi connectivity index (χ0v) is 10.9. The van der Waals surface area contributed by atoms with Crippen LogP contribution in [0, 0.1) is 23.3 Å². The van der Waals surface area contributed by atoms with E-state index in [1.807, 2.05) is 6.92 Å². The molecule has 0 N–H and O–H groups in total. The molecule has 0 spiro atoms. The molecular weight excluding hydrogens is 264 g/mol. The normalized spacial score (nSPS) is 10.6. The van der Waals surface area contributed by atoms with Gasteiger partial charge in [-0.05, 0) is 13.3 Å². The average molecular weight is 280 g/mol. The van der Waals surface area contributed by atoms with Crippen molar-refractivity contribution < 1.29 is 27.0 Å². The van der Waals surface area contributed by atoms with Gasteiger partial charge in [0.1, 0.15) is 0 Å². The molecule has 6 heteroatoms. The number of unbranched alkanes of at least 4 members (excludes halogenated alkanes) is 2. The Morgan fingerprint density at radius 3 is 1.63 bits per heavy atom. The summed E-state index contributed by atoms with van der Waals surface area (Å²) in [7, 11) is 0. The van der Waals surface area contributed by atoms with E-state index in [1.54, 1.807) is 0 Å². The van der Waals surface area contributed by atoms with Crippen molar-refractivity contribution in [3.63, 3.8) is 0 Å². The molecule has 1 aromatic rings. The lowest BCUT2D eigenvalue weighted by Gasteiger charge is -2.12. The van der Waals surface area contributed by atoms with Gasteiger partial charge in [-0.3, -0.25) is 0 Å². The van der Waals surface area contributed by atoms with Crippen molar-refractivity contribution in [1.82, 2.24) is 0 Å². The van der Waals surface area contributed by atoms with Crippen molar-refractivity contribution in [3.05, 3.63) is 23.3 Å². The summed E-state index contributed by atoms with van der Waals surface area (Å²) in [6.07, 6.45) is 2.23. The molecule has 0 atom stereocenters. The van der Waals surface area contributed by atoms with Crippen molar-refractivity contribution in [1.29, 1.82) is 0 Å². The van der Waals surface area contributed by atoms with Gasteiger partial charge in [-0.15, -0.1) is 0 Å². The number of halogens is 4. The molecule has 19 heavy (non-hydrogen) atoms. The van der Waals surface area contributed by atoms with Gasteiger partial charge in [-0.2, -0.15) is 17.6 Å². The number of hydrogen-bond donors (Lipinski definition) is 0. The third-order valence-electron chi connectivity index (χ3n) is 2.47. The third-order valence-corrected chi connectivity index (χ3v) is 2.47. The van der Waals surface area contributed by atoms with E-state index >= 15 is 0 Å². The molecule has 0 bridgehead atoms. The highest BCUT2D eigenvalue weighted by atomic mass is 19.2. The maximum absolute atomic E-state index is 13.5. The van der Waals surface area contributed by atoms with Gasteiger partial charge in [-0.1, -0.05) is 19.8 Å². The Morgan fingerprint density at radius 2 is 1.21 bits per heavy atom. The largest absolute Gasteiger partial charge is 0.488 e. The molecule has 0 aliphatic carbocycles.